The Morgan fingerprint density at radius 2 is 0.963 bits per heavy atom. The highest BCUT2D eigenvalue weighted by molar-refractivity contribution is 6.10. The molecule has 1 aliphatic heterocycles. The molecule has 0 aliphatic carbocycles. The number of para-hydroxylation sites is 3. The number of aromatic nitrogens is 5. The van der Waals surface area contributed by atoms with E-state index in [9.17, 15) is 0 Å². The van der Waals surface area contributed by atoms with Gasteiger partial charge in [-0.25, -0.2) is 4.98 Å². The van der Waals surface area contributed by atoms with Gasteiger partial charge in [-0.1, -0.05) is 133 Å². The van der Waals surface area contributed by atoms with Crippen LogP contribution in [0.15, 0.2) is 170 Å². The van der Waals surface area contributed by atoms with Gasteiger partial charge in [0, 0.05) is 44.4 Å². The van der Waals surface area contributed by atoms with Gasteiger partial charge in [-0.3, -0.25) is 4.57 Å². The summed E-state index contributed by atoms with van der Waals surface area (Å²) in [7, 11) is 0. The van der Waals surface area contributed by atoms with Gasteiger partial charge < -0.3 is 9.88 Å². The number of hydrogen-bond donors (Lipinski definition) is 1. The van der Waals surface area contributed by atoms with E-state index in [0.717, 1.165) is 57.1 Å². The van der Waals surface area contributed by atoms with Gasteiger partial charge in [0.05, 0.1) is 22.1 Å². The van der Waals surface area contributed by atoms with E-state index in [2.05, 4.69) is 178 Å². The highest BCUT2D eigenvalue weighted by atomic mass is 15.2. The Bertz CT molecular complexity index is 2970. The Labute approximate surface area is 312 Å². The zero-order valence-electron chi connectivity index (χ0n) is 29.4. The summed E-state index contributed by atoms with van der Waals surface area (Å²) in [5.74, 6) is 1.82. The first-order valence-electron chi connectivity index (χ1n) is 18.5. The van der Waals surface area contributed by atoms with Crippen LogP contribution in [0.3, 0.4) is 0 Å². The summed E-state index contributed by atoms with van der Waals surface area (Å²) in [6, 6.07) is 60.5. The van der Waals surface area contributed by atoms with Crippen molar-refractivity contribution >= 4 is 43.6 Å². The molecule has 6 heteroatoms. The van der Waals surface area contributed by atoms with E-state index >= 15 is 0 Å². The van der Waals surface area contributed by atoms with Crippen LogP contribution in [-0.4, -0.2) is 30.6 Å². The minimum Gasteiger partial charge on any atom is -0.310 e. The fourth-order valence-corrected chi connectivity index (χ4v) is 8.14. The van der Waals surface area contributed by atoms with Gasteiger partial charge in [0.1, 0.15) is 0 Å². The lowest BCUT2D eigenvalue weighted by molar-refractivity contribution is 0.383. The lowest BCUT2D eigenvalue weighted by atomic mass is 9.97. The zero-order valence-corrected chi connectivity index (χ0v) is 29.4. The second kappa shape index (κ2) is 12.4. The molecule has 1 fully saturated rings. The second-order valence-corrected chi connectivity index (χ2v) is 14.1. The summed E-state index contributed by atoms with van der Waals surface area (Å²) >= 11 is 0. The van der Waals surface area contributed by atoms with Crippen LogP contribution in [0.5, 0.6) is 0 Å². The highest BCUT2D eigenvalue weighted by Gasteiger charge is 2.22. The van der Waals surface area contributed by atoms with Crippen LogP contribution in [0, 0.1) is 0 Å². The Morgan fingerprint density at radius 3 is 1.61 bits per heavy atom. The molecular formula is C48H34N6. The molecule has 4 heterocycles. The molecular weight excluding hydrogens is 661 g/mol. The predicted octanol–water partition coefficient (Wildman–Crippen LogP) is 11.1. The molecule has 1 N–H and O–H groups in total. The smallest absolute Gasteiger partial charge is 0.238 e. The quantitative estimate of drug-likeness (QED) is 0.188. The number of hydrogen-bond acceptors (Lipinski definition) is 4. The second-order valence-electron chi connectivity index (χ2n) is 14.1. The topological polar surface area (TPSA) is 60.6 Å². The first-order valence-corrected chi connectivity index (χ1v) is 18.5. The number of nitrogens with one attached hydrogen (secondary N) is 1. The fraction of sp³-hybridized carbons (Fsp3) is 0.0625. The SMILES string of the molecule is c1ccc(-c2ccc(-c3nc(-c4cccc(-n5c6ccccc6c6ccc(C7CCN7)cc65)c4)nc(-n4c5ccccc5c5ccccc54)n3)cc2)cc1. The molecule has 7 aromatic carbocycles. The zero-order chi connectivity index (χ0) is 35.6. The first kappa shape index (κ1) is 30.7. The van der Waals surface area contributed by atoms with E-state index in [4.69, 9.17) is 15.0 Å². The van der Waals surface area contributed by atoms with Gasteiger partial charge >= 0.3 is 0 Å². The van der Waals surface area contributed by atoms with Gasteiger partial charge in [-0.2, -0.15) is 9.97 Å². The average molecular weight is 695 g/mol. The van der Waals surface area contributed by atoms with Crippen LogP contribution in [-0.2, 0) is 0 Å². The third-order valence-electron chi connectivity index (χ3n) is 10.9. The first-order chi connectivity index (χ1) is 26.8. The molecule has 6 nitrogen and oxygen atoms in total. The van der Waals surface area contributed by atoms with Gasteiger partial charge in [-0.15, -0.1) is 0 Å². The van der Waals surface area contributed by atoms with E-state index in [0.29, 0.717) is 23.6 Å². The van der Waals surface area contributed by atoms with E-state index in [1.54, 1.807) is 0 Å². The Morgan fingerprint density at radius 1 is 0.426 bits per heavy atom. The van der Waals surface area contributed by atoms with Gasteiger partial charge in [0.15, 0.2) is 11.6 Å². The van der Waals surface area contributed by atoms with Crippen molar-refractivity contribution in [3.05, 3.63) is 175 Å². The van der Waals surface area contributed by atoms with Gasteiger partial charge in [-0.05, 0) is 66.1 Å². The van der Waals surface area contributed by atoms with Crippen LogP contribution in [0.4, 0.5) is 0 Å². The molecule has 1 unspecified atom stereocenters. The average Bonchev–Trinajstić information content (AvgIpc) is 3.73. The number of rotatable bonds is 6. The minimum absolute atomic E-state index is 0.400. The Hall–Kier alpha value is -6.89. The largest absolute Gasteiger partial charge is 0.310 e. The monoisotopic (exact) mass is 694 g/mol. The normalized spacial score (nSPS) is 14.3. The Balaban J connectivity index is 1.12. The van der Waals surface area contributed by atoms with Crippen LogP contribution in [0.2, 0.25) is 0 Å². The lowest BCUT2D eigenvalue weighted by Crippen LogP contribution is -2.34. The third kappa shape index (κ3) is 4.95. The fourth-order valence-electron chi connectivity index (χ4n) is 8.14. The van der Waals surface area contributed by atoms with Gasteiger partial charge in [0.25, 0.3) is 0 Å². The number of fused-ring (bicyclic) bond motifs is 6. The maximum Gasteiger partial charge on any atom is 0.238 e. The maximum atomic E-state index is 5.26. The van der Waals surface area contributed by atoms with Crippen molar-refractivity contribution in [2.75, 3.05) is 6.54 Å². The van der Waals surface area contributed by atoms with E-state index in [1.165, 1.54) is 32.9 Å². The molecule has 1 atom stereocenters. The summed E-state index contributed by atoms with van der Waals surface area (Å²) in [4.78, 5) is 15.7. The predicted molar refractivity (Wildman–Crippen MR) is 220 cm³/mol. The number of benzene rings is 7. The molecule has 10 aromatic rings. The maximum absolute atomic E-state index is 5.26. The van der Waals surface area contributed by atoms with Crippen molar-refractivity contribution in [3.8, 4) is 45.5 Å². The molecule has 0 amide bonds. The van der Waals surface area contributed by atoms with Crippen molar-refractivity contribution in [1.29, 1.82) is 0 Å². The van der Waals surface area contributed by atoms with Crippen molar-refractivity contribution < 1.29 is 0 Å². The summed E-state index contributed by atoms with van der Waals surface area (Å²) in [6.45, 7) is 1.06. The van der Waals surface area contributed by atoms with Crippen molar-refractivity contribution in [3.63, 3.8) is 0 Å². The standard InChI is InChI=1S/C48H34N6/c1-2-11-31(12-3-1)32-21-23-33(24-22-32)46-50-47(52-48(51-46)54-43-19-8-5-15-37(43)38-16-6-9-20-44(38)54)35-13-10-14-36(29-35)53-42-18-7-4-17-39(42)40-26-25-34(30-45(40)53)41-27-28-49-41/h1-26,29-30,41,49H,27-28H2. The van der Waals surface area contributed by atoms with Crippen LogP contribution in [0.25, 0.3) is 89.2 Å². The Kier molecular flexibility index (Phi) is 7.03. The molecule has 11 rings (SSSR count). The summed E-state index contributed by atoms with van der Waals surface area (Å²) < 4.78 is 4.55. The molecule has 256 valence electrons. The number of nitrogens with zero attached hydrogens (tertiary/aromatic N) is 5. The summed E-state index contributed by atoms with van der Waals surface area (Å²) in [6.07, 6.45) is 1.16. The van der Waals surface area contributed by atoms with Crippen LogP contribution in [0.1, 0.15) is 18.0 Å². The minimum atomic E-state index is 0.400. The third-order valence-corrected chi connectivity index (χ3v) is 10.9. The van der Waals surface area contributed by atoms with Gasteiger partial charge in [0.2, 0.25) is 5.95 Å². The van der Waals surface area contributed by atoms with Crippen LogP contribution < -0.4 is 5.32 Å². The van der Waals surface area contributed by atoms with Crippen LogP contribution >= 0.6 is 0 Å². The summed E-state index contributed by atoms with van der Waals surface area (Å²) in [5.41, 5.74) is 11.0. The molecule has 0 saturated carbocycles. The highest BCUT2D eigenvalue weighted by Crippen LogP contribution is 2.37. The molecule has 0 radical (unpaired) electrons. The molecule has 54 heavy (non-hydrogen) atoms. The molecule has 0 bridgehead atoms. The van der Waals surface area contributed by atoms with E-state index in [-0.39, 0.29) is 0 Å². The van der Waals surface area contributed by atoms with Crippen molar-refractivity contribution in [2.24, 2.45) is 0 Å². The molecule has 0 spiro atoms. The van der Waals surface area contributed by atoms with Crippen molar-refractivity contribution in [2.45, 2.75) is 12.5 Å². The lowest BCUT2D eigenvalue weighted by Gasteiger charge is -2.28. The molecule has 3 aromatic heterocycles. The summed E-state index contributed by atoms with van der Waals surface area (Å²) in [5, 5.41) is 8.39. The van der Waals surface area contributed by atoms with E-state index in [1.807, 2.05) is 6.07 Å². The van der Waals surface area contributed by atoms with E-state index < -0.39 is 0 Å². The molecule has 1 aliphatic rings. The molecule has 1 saturated heterocycles. The van der Waals surface area contributed by atoms with Crippen molar-refractivity contribution in [1.82, 2.24) is 29.4 Å².